The van der Waals surface area contributed by atoms with Crippen molar-refractivity contribution in [1.82, 2.24) is 30.0 Å². The maximum atomic E-state index is 12.4. The van der Waals surface area contributed by atoms with E-state index in [2.05, 4.69) is 25.4 Å². The average molecular weight is 347 g/mol. The zero-order chi connectivity index (χ0) is 15.4. The third-order valence-electron chi connectivity index (χ3n) is 4.78. The monoisotopic (exact) mass is 346 g/mol. The Kier molecular flexibility index (Phi) is 3.58. The Labute approximate surface area is 142 Å². The largest absolute Gasteiger partial charge is 0.337 e. The van der Waals surface area contributed by atoms with Gasteiger partial charge in [0, 0.05) is 12.1 Å². The standard InChI is InChI=1S/C15H14N6O2.ClH/c22-15-8-2-1-3-17-13(8)18-7-21(15)6-11-19-14(20-23-11)12-9-4-16-5-10(9)12;/h1-3,7,9-10,12,16H,4-6H2;1H/t9-,10+,12?;. The van der Waals surface area contributed by atoms with E-state index in [1.165, 1.54) is 10.9 Å². The number of halogens is 1. The average Bonchev–Trinajstić information content (AvgIpc) is 2.96. The van der Waals surface area contributed by atoms with E-state index in [1.54, 1.807) is 18.3 Å². The van der Waals surface area contributed by atoms with Crippen molar-refractivity contribution in [1.29, 1.82) is 0 Å². The molecule has 4 heterocycles. The molecule has 1 unspecified atom stereocenters. The highest BCUT2D eigenvalue weighted by molar-refractivity contribution is 5.85. The van der Waals surface area contributed by atoms with E-state index in [0.717, 1.165) is 18.9 Å². The lowest BCUT2D eigenvalue weighted by molar-refractivity contribution is 0.363. The highest BCUT2D eigenvalue weighted by atomic mass is 35.5. The molecular formula is C15H15ClN6O2. The third-order valence-corrected chi connectivity index (χ3v) is 4.78. The van der Waals surface area contributed by atoms with E-state index in [-0.39, 0.29) is 24.5 Å². The highest BCUT2D eigenvalue weighted by Gasteiger charge is 2.55. The van der Waals surface area contributed by atoms with Crippen LogP contribution in [0, 0.1) is 11.8 Å². The number of aromatic nitrogens is 5. The van der Waals surface area contributed by atoms with Crippen LogP contribution in [0.2, 0.25) is 0 Å². The first kappa shape index (κ1) is 15.2. The SMILES string of the molecule is Cl.O=c1c2cccnc2ncn1Cc1nc(C2[C@H]3CNC[C@@H]23)no1. The summed E-state index contributed by atoms with van der Waals surface area (Å²) in [6.07, 6.45) is 3.09. The van der Waals surface area contributed by atoms with E-state index >= 15 is 0 Å². The molecule has 3 aromatic rings. The quantitative estimate of drug-likeness (QED) is 0.740. The Hall–Kier alpha value is -2.32. The molecule has 5 rings (SSSR count). The molecule has 1 N–H and O–H groups in total. The Balaban J connectivity index is 0.00000146. The number of nitrogens with one attached hydrogen (secondary N) is 1. The first-order valence-corrected chi connectivity index (χ1v) is 7.64. The lowest BCUT2D eigenvalue weighted by atomic mass is 10.3. The van der Waals surface area contributed by atoms with Crippen LogP contribution in [0.3, 0.4) is 0 Å². The van der Waals surface area contributed by atoms with Crippen LogP contribution in [0.15, 0.2) is 34.0 Å². The van der Waals surface area contributed by atoms with Crippen LogP contribution in [0.5, 0.6) is 0 Å². The van der Waals surface area contributed by atoms with Gasteiger partial charge in [-0.15, -0.1) is 12.4 Å². The number of fused-ring (bicyclic) bond motifs is 2. The molecule has 0 radical (unpaired) electrons. The molecule has 3 atom stereocenters. The van der Waals surface area contributed by atoms with Gasteiger partial charge in [0.1, 0.15) is 12.9 Å². The number of piperidine rings is 1. The van der Waals surface area contributed by atoms with Crippen molar-refractivity contribution in [2.24, 2.45) is 11.8 Å². The van der Waals surface area contributed by atoms with Crippen molar-refractivity contribution in [2.45, 2.75) is 12.5 Å². The number of hydrogen-bond donors (Lipinski definition) is 1. The van der Waals surface area contributed by atoms with Gasteiger partial charge in [0.15, 0.2) is 11.5 Å². The first-order chi connectivity index (χ1) is 11.3. The number of pyridine rings is 1. The fourth-order valence-corrected chi connectivity index (χ4v) is 3.53. The van der Waals surface area contributed by atoms with Crippen LogP contribution in [0.1, 0.15) is 17.6 Å². The summed E-state index contributed by atoms with van der Waals surface area (Å²) >= 11 is 0. The smallest absolute Gasteiger partial charge is 0.263 e. The van der Waals surface area contributed by atoms with Gasteiger partial charge in [-0.05, 0) is 37.1 Å². The molecule has 0 amide bonds. The molecule has 1 saturated carbocycles. The molecule has 1 saturated heterocycles. The summed E-state index contributed by atoms with van der Waals surface area (Å²) in [5.41, 5.74) is 0.286. The maximum Gasteiger partial charge on any atom is 0.263 e. The third kappa shape index (κ3) is 2.30. The molecule has 0 spiro atoms. The molecule has 24 heavy (non-hydrogen) atoms. The second-order valence-electron chi connectivity index (χ2n) is 6.11. The molecular weight excluding hydrogens is 332 g/mol. The van der Waals surface area contributed by atoms with Crippen LogP contribution in [0.4, 0.5) is 0 Å². The van der Waals surface area contributed by atoms with E-state index in [0.29, 0.717) is 34.7 Å². The second-order valence-corrected chi connectivity index (χ2v) is 6.11. The Bertz CT molecular complexity index is 944. The predicted octanol–water partition coefficient (Wildman–Crippen LogP) is 0.577. The Morgan fingerprint density at radius 1 is 1.29 bits per heavy atom. The normalized spacial score (nSPS) is 24.6. The molecule has 1 aliphatic heterocycles. The zero-order valence-electron chi connectivity index (χ0n) is 12.6. The number of rotatable bonds is 3. The molecule has 8 nitrogen and oxygen atoms in total. The summed E-state index contributed by atoms with van der Waals surface area (Å²) in [5, 5.41) is 7.92. The van der Waals surface area contributed by atoms with Crippen LogP contribution < -0.4 is 10.9 Å². The van der Waals surface area contributed by atoms with Gasteiger partial charge in [0.05, 0.1) is 5.39 Å². The summed E-state index contributed by atoms with van der Waals surface area (Å²) in [5.74, 6) is 2.88. The van der Waals surface area contributed by atoms with Crippen molar-refractivity contribution in [3.8, 4) is 0 Å². The van der Waals surface area contributed by atoms with Gasteiger partial charge >= 0.3 is 0 Å². The molecule has 0 aromatic carbocycles. The van der Waals surface area contributed by atoms with E-state index in [4.69, 9.17) is 4.52 Å². The zero-order valence-corrected chi connectivity index (χ0v) is 13.4. The molecule has 0 bridgehead atoms. The maximum absolute atomic E-state index is 12.4. The van der Waals surface area contributed by atoms with Crippen LogP contribution in [-0.4, -0.2) is 37.8 Å². The minimum Gasteiger partial charge on any atom is -0.337 e. The Morgan fingerprint density at radius 2 is 2.12 bits per heavy atom. The topological polar surface area (TPSA) is 98.7 Å². The molecule has 2 aliphatic rings. The van der Waals surface area contributed by atoms with Gasteiger partial charge in [0.2, 0.25) is 5.89 Å². The van der Waals surface area contributed by atoms with Crippen LogP contribution in [-0.2, 0) is 6.54 Å². The number of nitrogens with zero attached hydrogens (tertiary/aromatic N) is 5. The fourth-order valence-electron chi connectivity index (χ4n) is 3.53. The van der Waals surface area contributed by atoms with Crippen LogP contribution in [0.25, 0.3) is 11.0 Å². The summed E-state index contributed by atoms with van der Waals surface area (Å²) in [4.78, 5) is 25.2. The van der Waals surface area contributed by atoms with Gasteiger partial charge in [-0.2, -0.15) is 4.98 Å². The van der Waals surface area contributed by atoms with Crippen molar-refractivity contribution in [2.75, 3.05) is 13.1 Å². The molecule has 2 fully saturated rings. The van der Waals surface area contributed by atoms with Crippen molar-refractivity contribution in [3.63, 3.8) is 0 Å². The summed E-state index contributed by atoms with van der Waals surface area (Å²) in [6.45, 7) is 2.28. The predicted molar refractivity (Wildman–Crippen MR) is 87.0 cm³/mol. The van der Waals surface area contributed by atoms with E-state index < -0.39 is 0 Å². The van der Waals surface area contributed by atoms with Crippen molar-refractivity contribution < 1.29 is 4.52 Å². The molecule has 1 aliphatic carbocycles. The molecule has 124 valence electrons. The second kappa shape index (κ2) is 5.64. The fraction of sp³-hybridized carbons (Fsp3) is 0.400. The lowest BCUT2D eigenvalue weighted by Gasteiger charge is -2.02. The number of hydrogen-bond acceptors (Lipinski definition) is 7. The van der Waals surface area contributed by atoms with Crippen molar-refractivity contribution in [3.05, 3.63) is 46.7 Å². The minimum atomic E-state index is -0.157. The van der Waals surface area contributed by atoms with Crippen molar-refractivity contribution >= 4 is 23.4 Å². The van der Waals surface area contributed by atoms with Crippen LogP contribution >= 0.6 is 12.4 Å². The minimum absolute atomic E-state index is 0. The van der Waals surface area contributed by atoms with E-state index in [9.17, 15) is 4.79 Å². The molecule has 3 aromatic heterocycles. The van der Waals surface area contributed by atoms with Gasteiger partial charge in [0.25, 0.3) is 5.56 Å². The van der Waals surface area contributed by atoms with Gasteiger partial charge in [-0.3, -0.25) is 9.36 Å². The molecule has 9 heteroatoms. The van der Waals surface area contributed by atoms with E-state index in [1.807, 2.05) is 0 Å². The van der Waals surface area contributed by atoms with Gasteiger partial charge in [-0.1, -0.05) is 5.16 Å². The first-order valence-electron chi connectivity index (χ1n) is 7.64. The van der Waals surface area contributed by atoms with Gasteiger partial charge < -0.3 is 9.84 Å². The Morgan fingerprint density at radius 3 is 2.96 bits per heavy atom. The van der Waals surface area contributed by atoms with Gasteiger partial charge in [-0.25, -0.2) is 9.97 Å². The lowest BCUT2D eigenvalue weighted by Crippen LogP contribution is -2.21. The summed E-state index contributed by atoms with van der Waals surface area (Å²) in [6, 6.07) is 3.44. The highest BCUT2D eigenvalue weighted by Crippen LogP contribution is 2.54. The summed E-state index contributed by atoms with van der Waals surface area (Å²) in [7, 11) is 0. The summed E-state index contributed by atoms with van der Waals surface area (Å²) < 4.78 is 6.79.